The van der Waals surface area contributed by atoms with Crippen molar-refractivity contribution in [2.45, 2.75) is 20.3 Å². The zero-order chi connectivity index (χ0) is 26.5. The van der Waals surface area contributed by atoms with E-state index in [0.29, 0.717) is 34.7 Å². The molecule has 0 amide bonds. The number of methoxy groups -OCH3 is 1. The smallest absolute Gasteiger partial charge is 0.232 e. The van der Waals surface area contributed by atoms with Crippen molar-refractivity contribution in [2.24, 2.45) is 0 Å². The van der Waals surface area contributed by atoms with Gasteiger partial charge < -0.3 is 4.74 Å². The summed E-state index contributed by atoms with van der Waals surface area (Å²) in [6.45, 7) is 6.91. The molecule has 188 valence electrons. The van der Waals surface area contributed by atoms with E-state index in [-0.39, 0.29) is 11.3 Å². The zero-order valence-corrected chi connectivity index (χ0v) is 20.8. The van der Waals surface area contributed by atoms with Gasteiger partial charge in [-0.1, -0.05) is 25.7 Å². The number of carbonyl (C=O) groups is 1. The minimum absolute atomic E-state index is 0.0651. The molecule has 0 aliphatic heterocycles. The minimum atomic E-state index is -3.87. The Morgan fingerprint density at radius 1 is 1.14 bits per heavy atom. The van der Waals surface area contributed by atoms with Crippen LogP contribution in [-0.2, 0) is 10.0 Å². The number of halogens is 2. The molecule has 10 heteroatoms. The number of anilines is 1. The molecule has 3 aromatic rings. The van der Waals surface area contributed by atoms with E-state index in [1.54, 1.807) is 44.4 Å². The van der Waals surface area contributed by atoms with Gasteiger partial charge in [-0.2, -0.15) is 0 Å². The topological polar surface area (TPSA) is 98.2 Å². The fraction of sp³-hybridized carbons (Fsp3) is 0.192. The van der Waals surface area contributed by atoms with Crippen molar-refractivity contribution in [1.82, 2.24) is 9.97 Å². The highest BCUT2D eigenvalue weighted by molar-refractivity contribution is 7.92. The lowest BCUT2D eigenvalue weighted by Crippen LogP contribution is -2.19. The van der Waals surface area contributed by atoms with Gasteiger partial charge in [0.25, 0.3) is 0 Å². The number of Topliss-reactive ketones (excluding diaryl/α,β-unsaturated/α-hetero) is 1. The van der Waals surface area contributed by atoms with Crippen molar-refractivity contribution in [3.63, 3.8) is 0 Å². The number of nitrogens with one attached hydrogen (secondary N) is 1. The zero-order valence-electron chi connectivity index (χ0n) is 20.0. The van der Waals surface area contributed by atoms with E-state index < -0.39 is 38.7 Å². The molecule has 7 nitrogen and oxygen atoms in total. The molecule has 0 saturated carbocycles. The largest absolute Gasteiger partial charge is 0.481 e. The van der Waals surface area contributed by atoms with Gasteiger partial charge in [0.2, 0.25) is 15.9 Å². The van der Waals surface area contributed by atoms with Gasteiger partial charge in [-0.05, 0) is 37.6 Å². The summed E-state index contributed by atoms with van der Waals surface area (Å²) in [5.41, 5.74) is 0.570. The molecule has 0 aliphatic carbocycles. The number of benzene rings is 1. The molecule has 0 unspecified atom stereocenters. The average Bonchev–Trinajstić information content (AvgIpc) is 2.85. The summed E-state index contributed by atoms with van der Waals surface area (Å²) in [5, 5.41) is 0. The Kier molecular flexibility index (Phi) is 8.31. The molecule has 0 radical (unpaired) electrons. The summed E-state index contributed by atoms with van der Waals surface area (Å²) in [4.78, 5) is 22.0. The highest BCUT2D eigenvalue weighted by Crippen LogP contribution is 2.31. The lowest BCUT2D eigenvalue weighted by Gasteiger charge is -2.15. The first-order chi connectivity index (χ1) is 17.1. The number of aryl methyl sites for hydroxylation is 1. The highest BCUT2D eigenvalue weighted by Gasteiger charge is 2.26. The monoisotopic (exact) mass is 513 g/mol. The highest BCUT2D eigenvalue weighted by atomic mass is 32.2. The van der Waals surface area contributed by atoms with E-state index in [4.69, 9.17) is 4.74 Å². The normalized spacial score (nSPS) is 11.8. The number of aromatic nitrogens is 2. The van der Waals surface area contributed by atoms with Crippen molar-refractivity contribution in [3.05, 3.63) is 89.9 Å². The molecule has 0 atom stereocenters. The SMILES string of the molecule is C=C/C=C(/C(=O)c1c(F)ccc(NS(=O)(=O)CCC)c1F)c1cc(-c2ccc(OC)nc2)cnc1C. The molecular weight excluding hydrogens is 488 g/mol. The molecule has 0 aliphatic rings. The first-order valence-corrected chi connectivity index (χ1v) is 12.6. The third-order valence-corrected chi connectivity index (χ3v) is 6.72. The second kappa shape index (κ2) is 11.2. The summed E-state index contributed by atoms with van der Waals surface area (Å²) in [6.07, 6.45) is 6.09. The van der Waals surface area contributed by atoms with Crippen LogP contribution in [-0.4, -0.2) is 37.0 Å². The summed E-state index contributed by atoms with van der Waals surface area (Å²) in [6, 6.07) is 6.86. The molecule has 1 N–H and O–H groups in total. The Morgan fingerprint density at radius 2 is 1.86 bits per heavy atom. The molecule has 2 heterocycles. The van der Waals surface area contributed by atoms with E-state index in [1.165, 1.54) is 19.3 Å². The summed E-state index contributed by atoms with van der Waals surface area (Å²) < 4.78 is 61.5. The van der Waals surface area contributed by atoms with Crippen LogP contribution < -0.4 is 9.46 Å². The third kappa shape index (κ3) is 5.83. The molecule has 2 aromatic heterocycles. The summed E-state index contributed by atoms with van der Waals surface area (Å²) >= 11 is 0. The van der Waals surface area contributed by atoms with Gasteiger partial charge >= 0.3 is 0 Å². The van der Waals surface area contributed by atoms with Crippen molar-refractivity contribution in [1.29, 1.82) is 0 Å². The maximum absolute atomic E-state index is 15.3. The predicted octanol–water partition coefficient (Wildman–Crippen LogP) is 5.34. The number of ether oxygens (including phenoxy) is 1. The van der Waals surface area contributed by atoms with Crippen LogP contribution in [0.2, 0.25) is 0 Å². The fourth-order valence-electron chi connectivity index (χ4n) is 3.50. The van der Waals surface area contributed by atoms with Gasteiger partial charge in [0.1, 0.15) is 5.82 Å². The molecule has 1 aromatic carbocycles. The number of ketones is 1. The number of hydrogen-bond acceptors (Lipinski definition) is 6. The molecule has 0 fully saturated rings. The molecule has 36 heavy (non-hydrogen) atoms. The lowest BCUT2D eigenvalue weighted by atomic mass is 9.92. The second-order valence-corrected chi connectivity index (χ2v) is 9.64. The lowest BCUT2D eigenvalue weighted by molar-refractivity contribution is 0.104. The van der Waals surface area contributed by atoms with E-state index in [9.17, 15) is 17.6 Å². The number of sulfonamides is 1. The Morgan fingerprint density at radius 3 is 2.47 bits per heavy atom. The number of allylic oxidation sites excluding steroid dienone is 3. The van der Waals surface area contributed by atoms with Crippen LogP contribution in [0.15, 0.2) is 61.5 Å². The van der Waals surface area contributed by atoms with Crippen LogP contribution in [0.3, 0.4) is 0 Å². The first kappa shape index (κ1) is 26.7. The van der Waals surface area contributed by atoms with Crippen LogP contribution in [0.4, 0.5) is 14.5 Å². The number of carbonyl (C=O) groups excluding carboxylic acids is 1. The standard InChI is InChI=1S/C26H25F2N3O4S/c1-5-7-19(20-13-18(15-29-16(20)3)17-8-11-23(35-4)30-14-17)26(32)24-21(27)9-10-22(25(24)28)31-36(33,34)12-6-2/h5,7-11,13-15,31H,1,6,12H2,2-4H3/b19-7+. The van der Waals surface area contributed by atoms with E-state index in [2.05, 4.69) is 21.3 Å². The van der Waals surface area contributed by atoms with E-state index in [1.807, 2.05) is 0 Å². The quantitative estimate of drug-likeness (QED) is 0.223. The van der Waals surface area contributed by atoms with Gasteiger partial charge in [0, 0.05) is 46.4 Å². The molecule has 0 spiro atoms. The molecule has 0 bridgehead atoms. The van der Waals surface area contributed by atoms with Crippen LogP contribution in [0, 0.1) is 18.6 Å². The van der Waals surface area contributed by atoms with Crippen LogP contribution >= 0.6 is 0 Å². The van der Waals surface area contributed by atoms with Crippen molar-refractivity contribution in [3.8, 4) is 17.0 Å². The first-order valence-electron chi connectivity index (χ1n) is 10.9. The summed E-state index contributed by atoms with van der Waals surface area (Å²) in [5.74, 6) is -3.27. The predicted molar refractivity (Wildman–Crippen MR) is 135 cm³/mol. The van der Waals surface area contributed by atoms with Crippen LogP contribution in [0.5, 0.6) is 5.88 Å². The van der Waals surface area contributed by atoms with Gasteiger partial charge in [-0.3, -0.25) is 14.5 Å². The van der Waals surface area contributed by atoms with Crippen LogP contribution in [0.25, 0.3) is 16.7 Å². The maximum atomic E-state index is 15.3. The molecular formula is C26H25F2N3O4S. The van der Waals surface area contributed by atoms with E-state index in [0.717, 1.165) is 12.1 Å². The maximum Gasteiger partial charge on any atom is 0.232 e. The number of pyridine rings is 2. The number of nitrogens with zero attached hydrogens (tertiary/aromatic N) is 2. The van der Waals surface area contributed by atoms with E-state index >= 15 is 4.39 Å². The van der Waals surface area contributed by atoms with Gasteiger partial charge in [-0.15, -0.1) is 0 Å². The number of hydrogen-bond donors (Lipinski definition) is 1. The Labute approximate surface area is 208 Å². The Hall–Kier alpha value is -3.92. The Bertz CT molecular complexity index is 1440. The van der Waals surface area contributed by atoms with Crippen molar-refractivity contribution < 1.29 is 26.7 Å². The van der Waals surface area contributed by atoms with Crippen molar-refractivity contribution >= 4 is 27.1 Å². The summed E-state index contributed by atoms with van der Waals surface area (Å²) in [7, 11) is -2.38. The number of rotatable bonds is 10. The molecule has 3 rings (SSSR count). The minimum Gasteiger partial charge on any atom is -0.481 e. The van der Waals surface area contributed by atoms with Crippen LogP contribution in [0.1, 0.15) is 35.0 Å². The second-order valence-electron chi connectivity index (χ2n) is 7.80. The average molecular weight is 514 g/mol. The molecule has 0 saturated heterocycles. The van der Waals surface area contributed by atoms with Crippen molar-refractivity contribution in [2.75, 3.05) is 17.6 Å². The van der Waals surface area contributed by atoms with Gasteiger partial charge in [0.05, 0.1) is 24.1 Å². The van der Waals surface area contributed by atoms with Gasteiger partial charge in [0.15, 0.2) is 11.6 Å². The fourth-order valence-corrected chi connectivity index (χ4v) is 4.63. The van der Waals surface area contributed by atoms with Gasteiger partial charge in [-0.25, -0.2) is 22.2 Å². The third-order valence-electron chi connectivity index (χ3n) is 5.24. The Balaban J connectivity index is 2.10.